The average molecular weight is 372 g/mol. The van der Waals surface area contributed by atoms with E-state index in [-0.39, 0.29) is 12.3 Å². The number of carboxylic acids is 1. The van der Waals surface area contributed by atoms with Crippen LogP contribution in [-0.2, 0) is 16.0 Å². The lowest BCUT2D eigenvalue weighted by Crippen LogP contribution is -2.27. The van der Waals surface area contributed by atoms with Crippen molar-refractivity contribution in [1.29, 1.82) is 0 Å². The summed E-state index contributed by atoms with van der Waals surface area (Å²) in [6.45, 7) is 1.74. The van der Waals surface area contributed by atoms with Crippen LogP contribution < -0.4 is 5.32 Å². The third-order valence-electron chi connectivity index (χ3n) is 3.75. The van der Waals surface area contributed by atoms with E-state index in [2.05, 4.69) is 25.2 Å². The number of nitrogens with zero attached hydrogens (tertiary/aromatic N) is 3. The number of anilines is 1. The summed E-state index contributed by atoms with van der Waals surface area (Å²) >= 11 is 1.23. The minimum atomic E-state index is -1.02. The number of carboxylic acid groups (broad SMARTS) is 1. The quantitative estimate of drug-likeness (QED) is 0.654. The van der Waals surface area contributed by atoms with Gasteiger partial charge in [-0.3, -0.25) is 9.59 Å². The van der Waals surface area contributed by atoms with Gasteiger partial charge in [-0.05, 0) is 24.1 Å². The zero-order valence-electron chi connectivity index (χ0n) is 13.9. The number of benzene rings is 1. The van der Waals surface area contributed by atoms with Gasteiger partial charge in [-0.2, -0.15) is 0 Å². The fourth-order valence-corrected chi connectivity index (χ4v) is 3.18. The van der Waals surface area contributed by atoms with Gasteiger partial charge in [-0.1, -0.05) is 35.5 Å². The largest absolute Gasteiger partial charge is 0.481 e. The van der Waals surface area contributed by atoms with E-state index in [1.807, 2.05) is 30.3 Å². The summed E-state index contributed by atoms with van der Waals surface area (Å²) in [6, 6.07) is 9.31. The molecular formula is C17H16N4O4S. The number of aliphatic carboxylic acids is 1. The Hall–Kier alpha value is -3.07. The second-order valence-corrected chi connectivity index (χ2v) is 6.57. The Kier molecular flexibility index (Phi) is 5.37. The molecule has 3 rings (SSSR count). The Morgan fingerprint density at radius 1 is 1.27 bits per heavy atom. The van der Waals surface area contributed by atoms with Crippen LogP contribution in [0.1, 0.15) is 17.7 Å². The highest BCUT2D eigenvalue weighted by Crippen LogP contribution is 2.26. The molecule has 0 saturated carbocycles. The first-order chi connectivity index (χ1) is 12.5. The van der Waals surface area contributed by atoms with Gasteiger partial charge >= 0.3 is 5.97 Å². The Morgan fingerprint density at radius 2 is 2.04 bits per heavy atom. The van der Waals surface area contributed by atoms with Crippen LogP contribution >= 0.6 is 11.3 Å². The van der Waals surface area contributed by atoms with Crippen LogP contribution in [0.15, 0.2) is 40.3 Å². The van der Waals surface area contributed by atoms with E-state index in [9.17, 15) is 9.59 Å². The van der Waals surface area contributed by atoms with Gasteiger partial charge in [-0.25, -0.2) is 9.61 Å². The summed E-state index contributed by atoms with van der Waals surface area (Å²) in [5, 5.41) is 21.4. The van der Waals surface area contributed by atoms with Crippen LogP contribution in [-0.4, -0.2) is 32.3 Å². The molecule has 0 unspecified atom stereocenters. The maximum Gasteiger partial charge on any atom is 0.304 e. The molecule has 2 N–H and O–H groups in total. The maximum atomic E-state index is 12.6. The summed E-state index contributed by atoms with van der Waals surface area (Å²) in [5.41, 5.74) is 2.55. The minimum absolute atomic E-state index is 0.259. The zero-order valence-corrected chi connectivity index (χ0v) is 14.7. The molecule has 0 saturated heterocycles. The smallest absolute Gasteiger partial charge is 0.304 e. The normalized spacial score (nSPS) is 11.9. The lowest BCUT2D eigenvalue weighted by atomic mass is 9.95. The molecule has 2 heterocycles. The molecule has 2 aromatic heterocycles. The number of thiazole rings is 1. The van der Waals surface area contributed by atoms with E-state index in [1.54, 1.807) is 12.3 Å². The van der Waals surface area contributed by atoms with E-state index in [0.717, 1.165) is 5.56 Å². The van der Waals surface area contributed by atoms with Crippen molar-refractivity contribution in [2.45, 2.75) is 19.8 Å². The molecule has 0 fully saturated rings. The van der Waals surface area contributed by atoms with E-state index in [0.29, 0.717) is 28.6 Å². The van der Waals surface area contributed by atoms with Crippen molar-refractivity contribution in [3.8, 4) is 11.4 Å². The van der Waals surface area contributed by atoms with Crippen LogP contribution in [0.25, 0.3) is 11.4 Å². The van der Waals surface area contributed by atoms with Crippen LogP contribution in [0.5, 0.6) is 0 Å². The molecule has 9 heteroatoms. The summed E-state index contributed by atoms with van der Waals surface area (Å²) in [4.78, 5) is 28.0. The zero-order chi connectivity index (χ0) is 18.5. The lowest BCUT2D eigenvalue weighted by molar-refractivity contribution is -0.140. The highest BCUT2D eigenvalue weighted by molar-refractivity contribution is 7.14. The highest BCUT2D eigenvalue weighted by Gasteiger charge is 2.23. The standard InChI is InChI=1S/C17H16N4O4S/c1-10-15(21-25-20-10)13-9-26-17(18-13)19-16(24)12(8-14(22)23)7-11-5-3-2-4-6-11/h2-6,9,12H,7-8H2,1H3,(H,22,23)(H,18,19,24)/t12-/m1/s1. The molecule has 0 bridgehead atoms. The molecule has 1 atom stereocenters. The molecule has 1 aromatic carbocycles. The van der Waals surface area contributed by atoms with Crippen molar-refractivity contribution >= 4 is 28.3 Å². The number of carbonyl (C=O) groups is 2. The molecule has 0 spiro atoms. The number of hydrogen-bond acceptors (Lipinski definition) is 7. The van der Waals surface area contributed by atoms with E-state index in [4.69, 9.17) is 5.11 Å². The summed E-state index contributed by atoms with van der Waals surface area (Å²) in [6.07, 6.45) is 0.0782. The SMILES string of the molecule is Cc1nonc1-c1csc(NC(=O)[C@@H](CC(=O)O)Cc2ccccc2)n1. The monoisotopic (exact) mass is 372 g/mol. The van der Waals surface area contributed by atoms with Gasteiger partial charge < -0.3 is 10.4 Å². The predicted octanol–water partition coefficient (Wildman–Crippen LogP) is 2.77. The Morgan fingerprint density at radius 3 is 2.69 bits per heavy atom. The first-order valence-electron chi connectivity index (χ1n) is 7.84. The van der Waals surface area contributed by atoms with Crippen molar-refractivity contribution in [3.63, 3.8) is 0 Å². The number of aryl methyl sites for hydroxylation is 1. The maximum absolute atomic E-state index is 12.6. The topological polar surface area (TPSA) is 118 Å². The highest BCUT2D eigenvalue weighted by atomic mass is 32.1. The van der Waals surface area contributed by atoms with Crippen molar-refractivity contribution in [2.24, 2.45) is 5.92 Å². The Balaban J connectivity index is 1.72. The van der Waals surface area contributed by atoms with Crippen molar-refractivity contribution < 1.29 is 19.3 Å². The van der Waals surface area contributed by atoms with Gasteiger partial charge in [0.15, 0.2) is 10.8 Å². The fourth-order valence-electron chi connectivity index (χ4n) is 2.48. The molecule has 0 aliphatic heterocycles. The number of rotatable bonds is 7. The van der Waals surface area contributed by atoms with E-state index < -0.39 is 11.9 Å². The number of amides is 1. The number of hydrogen-bond donors (Lipinski definition) is 2. The van der Waals surface area contributed by atoms with Gasteiger partial charge in [0.05, 0.1) is 12.3 Å². The molecule has 0 aliphatic rings. The van der Waals surface area contributed by atoms with Gasteiger partial charge in [-0.15, -0.1) is 11.3 Å². The molecule has 3 aromatic rings. The van der Waals surface area contributed by atoms with E-state index >= 15 is 0 Å². The van der Waals surface area contributed by atoms with Gasteiger partial charge in [0, 0.05) is 5.38 Å². The van der Waals surface area contributed by atoms with Crippen molar-refractivity contribution in [2.75, 3.05) is 5.32 Å². The van der Waals surface area contributed by atoms with Gasteiger partial charge in [0.1, 0.15) is 11.4 Å². The molecule has 0 aliphatic carbocycles. The van der Waals surface area contributed by atoms with E-state index in [1.165, 1.54) is 11.3 Å². The molecule has 134 valence electrons. The van der Waals surface area contributed by atoms with Crippen LogP contribution in [0.2, 0.25) is 0 Å². The summed E-state index contributed by atoms with van der Waals surface area (Å²) in [7, 11) is 0. The Bertz CT molecular complexity index is 906. The van der Waals surface area contributed by atoms with Crippen LogP contribution in [0.4, 0.5) is 5.13 Å². The first kappa shape index (κ1) is 17.7. The van der Waals surface area contributed by atoms with Gasteiger partial charge in [0.25, 0.3) is 0 Å². The van der Waals surface area contributed by atoms with Crippen molar-refractivity contribution in [3.05, 3.63) is 47.0 Å². The first-order valence-corrected chi connectivity index (χ1v) is 8.72. The Labute approximate surface area is 152 Å². The molecule has 1 amide bonds. The van der Waals surface area contributed by atoms with Crippen LogP contribution in [0, 0.1) is 12.8 Å². The summed E-state index contributed by atoms with van der Waals surface area (Å²) in [5.74, 6) is -2.10. The fraction of sp³-hybridized carbons (Fsp3) is 0.235. The molecule has 0 radical (unpaired) electrons. The number of aromatic nitrogens is 3. The van der Waals surface area contributed by atoms with Crippen molar-refractivity contribution in [1.82, 2.24) is 15.3 Å². The summed E-state index contributed by atoms with van der Waals surface area (Å²) < 4.78 is 4.65. The second kappa shape index (κ2) is 7.87. The molecular weight excluding hydrogens is 356 g/mol. The predicted molar refractivity (Wildman–Crippen MR) is 94.7 cm³/mol. The van der Waals surface area contributed by atoms with Gasteiger partial charge in [0.2, 0.25) is 5.91 Å². The minimum Gasteiger partial charge on any atom is -0.481 e. The second-order valence-electron chi connectivity index (χ2n) is 5.71. The third-order valence-corrected chi connectivity index (χ3v) is 4.50. The number of nitrogens with one attached hydrogen (secondary N) is 1. The lowest BCUT2D eigenvalue weighted by Gasteiger charge is -2.14. The number of carbonyl (C=O) groups excluding carboxylic acids is 1. The average Bonchev–Trinajstić information content (AvgIpc) is 3.23. The van der Waals surface area contributed by atoms with Crippen LogP contribution in [0.3, 0.4) is 0 Å². The molecule has 8 nitrogen and oxygen atoms in total. The molecule has 26 heavy (non-hydrogen) atoms. The third kappa shape index (κ3) is 4.31.